The number of ether oxygens (including phenoxy) is 2. The summed E-state index contributed by atoms with van der Waals surface area (Å²) >= 11 is 6.23. The van der Waals surface area contributed by atoms with Gasteiger partial charge in [-0.2, -0.15) is 0 Å². The molecule has 3 aliphatic heterocycles. The van der Waals surface area contributed by atoms with E-state index in [1.165, 1.54) is 0 Å². The van der Waals surface area contributed by atoms with Crippen LogP contribution in [0.4, 0.5) is 5.69 Å². The van der Waals surface area contributed by atoms with Crippen LogP contribution >= 0.6 is 11.6 Å². The molecule has 7 nitrogen and oxygen atoms in total. The quantitative estimate of drug-likeness (QED) is 0.739. The van der Waals surface area contributed by atoms with E-state index in [1.54, 1.807) is 6.07 Å². The second-order valence-corrected chi connectivity index (χ2v) is 8.82. The summed E-state index contributed by atoms with van der Waals surface area (Å²) in [5.74, 6) is 2.32. The summed E-state index contributed by atoms with van der Waals surface area (Å²) in [5.41, 5.74) is 1.64. The maximum absolute atomic E-state index is 12.5. The van der Waals surface area contributed by atoms with Gasteiger partial charge in [-0.3, -0.25) is 4.79 Å². The molecule has 0 aromatic heterocycles. The first-order valence-electron chi connectivity index (χ1n) is 11.2. The van der Waals surface area contributed by atoms with Crippen LogP contribution in [0.25, 0.3) is 0 Å². The van der Waals surface area contributed by atoms with E-state index < -0.39 is 0 Å². The van der Waals surface area contributed by atoms with Crippen molar-refractivity contribution in [2.45, 2.75) is 31.4 Å². The Morgan fingerprint density at radius 2 is 2.16 bits per heavy atom. The van der Waals surface area contributed by atoms with Crippen LogP contribution in [0.5, 0.6) is 11.5 Å². The Morgan fingerprint density at radius 1 is 1.25 bits per heavy atom. The van der Waals surface area contributed by atoms with E-state index in [4.69, 9.17) is 26.1 Å². The van der Waals surface area contributed by atoms with Gasteiger partial charge in [0.2, 0.25) is 5.91 Å². The molecule has 0 saturated carbocycles. The molecule has 2 aromatic rings. The summed E-state index contributed by atoms with van der Waals surface area (Å²) in [6.07, 6.45) is 2.65. The summed E-state index contributed by atoms with van der Waals surface area (Å²) in [6.45, 7) is 3.62. The Morgan fingerprint density at radius 3 is 3.03 bits per heavy atom. The van der Waals surface area contributed by atoms with Gasteiger partial charge in [-0.15, -0.1) is 0 Å². The van der Waals surface area contributed by atoms with E-state index in [2.05, 4.69) is 15.5 Å². The lowest BCUT2D eigenvalue weighted by atomic mass is 10.1. The molecule has 2 aromatic carbocycles. The van der Waals surface area contributed by atoms with Crippen LogP contribution in [-0.4, -0.2) is 61.6 Å². The predicted molar refractivity (Wildman–Crippen MR) is 124 cm³/mol. The van der Waals surface area contributed by atoms with Gasteiger partial charge in [0.1, 0.15) is 17.3 Å². The first-order valence-corrected chi connectivity index (χ1v) is 11.6. The number of carbonyl (C=O) groups excluding carboxylic acids is 1. The third-order valence-corrected chi connectivity index (χ3v) is 6.27. The fourth-order valence-electron chi connectivity index (χ4n) is 4.42. The van der Waals surface area contributed by atoms with Crippen LogP contribution in [0, 0.1) is 0 Å². The molecule has 168 valence electrons. The minimum atomic E-state index is 0.0334. The lowest BCUT2D eigenvalue weighted by Gasteiger charge is -2.35. The number of aliphatic imine (C=N–C) groups is 1. The van der Waals surface area contributed by atoms with Crippen LogP contribution in [0.3, 0.4) is 0 Å². The highest BCUT2D eigenvalue weighted by molar-refractivity contribution is 6.31. The molecule has 2 N–H and O–H groups in total. The topological polar surface area (TPSA) is 75.2 Å². The Bertz CT molecular complexity index is 1020. The van der Waals surface area contributed by atoms with Gasteiger partial charge in [0.15, 0.2) is 5.75 Å². The molecule has 0 spiro atoms. The molecule has 8 heteroatoms. The monoisotopic (exact) mass is 454 g/mol. The number of fused-ring (bicyclic) bond motifs is 2. The van der Waals surface area contributed by atoms with Crippen molar-refractivity contribution < 1.29 is 14.3 Å². The number of rotatable bonds is 4. The zero-order valence-electron chi connectivity index (χ0n) is 17.9. The molecular weight excluding hydrogens is 428 g/mol. The number of nitrogens with one attached hydrogen (secondary N) is 2. The van der Waals surface area contributed by atoms with Crippen molar-refractivity contribution in [1.29, 1.82) is 0 Å². The van der Waals surface area contributed by atoms with E-state index in [0.717, 1.165) is 49.7 Å². The van der Waals surface area contributed by atoms with Crippen LogP contribution < -0.4 is 15.4 Å². The van der Waals surface area contributed by atoms with Gasteiger partial charge in [-0.1, -0.05) is 23.7 Å². The molecule has 3 heterocycles. The second-order valence-electron chi connectivity index (χ2n) is 8.39. The highest BCUT2D eigenvalue weighted by Crippen LogP contribution is 2.39. The maximum atomic E-state index is 12.5. The number of amides is 1. The van der Waals surface area contributed by atoms with Crippen LogP contribution in [0.15, 0.2) is 47.5 Å². The molecule has 0 unspecified atom stereocenters. The molecule has 3 aliphatic rings. The molecular formula is C24H27ClN4O3. The highest BCUT2D eigenvalue weighted by atomic mass is 35.5. The summed E-state index contributed by atoms with van der Waals surface area (Å²) in [4.78, 5) is 19.7. The van der Waals surface area contributed by atoms with Crippen LogP contribution in [0.1, 0.15) is 24.8 Å². The Labute approximate surface area is 192 Å². The number of carbonyl (C=O) groups is 1. The summed E-state index contributed by atoms with van der Waals surface area (Å²) in [7, 11) is 0. The largest absolute Gasteiger partial charge is 0.454 e. The molecule has 2 saturated heterocycles. The summed E-state index contributed by atoms with van der Waals surface area (Å²) in [6, 6.07) is 13.4. The average Bonchev–Trinajstić information content (AvgIpc) is 3.26. The van der Waals surface area contributed by atoms with E-state index in [9.17, 15) is 4.79 Å². The summed E-state index contributed by atoms with van der Waals surface area (Å²) in [5, 5.41) is 7.11. The van der Waals surface area contributed by atoms with Crippen molar-refractivity contribution in [3.8, 4) is 11.5 Å². The lowest BCUT2D eigenvalue weighted by molar-refractivity contribution is -0.122. The summed E-state index contributed by atoms with van der Waals surface area (Å²) < 4.78 is 11.8. The minimum Gasteiger partial charge on any atom is -0.454 e. The predicted octanol–water partition coefficient (Wildman–Crippen LogP) is 3.48. The van der Waals surface area contributed by atoms with Gasteiger partial charge in [-0.05, 0) is 43.2 Å². The number of hydrogen-bond donors (Lipinski definition) is 2. The first-order chi connectivity index (χ1) is 15.7. The van der Waals surface area contributed by atoms with Crippen LogP contribution in [0.2, 0.25) is 5.02 Å². The Hall–Kier alpha value is -2.61. The fraction of sp³-hybridized carbons (Fsp3) is 0.417. The average molecular weight is 455 g/mol. The van der Waals surface area contributed by atoms with Gasteiger partial charge in [0.25, 0.3) is 0 Å². The van der Waals surface area contributed by atoms with Crippen molar-refractivity contribution in [3.63, 3.8) is 0 Å². The minimum absolute atomic E-state index is 0.0334. The molecule has 1 amide bonds. The number of para-hydroxylation sites is 1. The van der Waals surface area contributed by atoms with Crippen LogP contribution in [-0.2, 0) is 9.53 Å². The SMILES string of the molecule is O=C(C[C@H]1CN(C2=Nc3cc(Cl)ccc3Oc3ccccc32)CCN1)NC[C@@H]1CCCO1. The van der Waals surface area contributed by atoms with Gasteiger partial charge in [-0.25, -0.2) is 4.99 Å². The molecule has 0 bridgehead atoms. The van der Waals surface area contributed by atoms with E-state index in [0.29, 0.717) is 36.0 Å². The molecule has 2 atom stereocenters. The van der Waals surface area contributed by atoms with Crippen molar-refractivity contribution in [2.75, 3.05) is 32.8 Å². The molecule has 5 rings (SSSR count). The van der Waals surface area contributed by atoms with Crippen molar-refractivity contribution in [1.82, 2.24) is 15.5 Å². The molecule has 32 heavy (non-hydrogen) atoms. The maximum Gasteiger partial charge on any atom is 0.221 e. The van der Waals surface area contributed by atoms with Crippen molar-refractivity contribution in [2.24, 2.45) is 4.99 Å². The van der Waals surface area contributed by atoms with Gasteiger partial charge < -0.3 is 25.0 Å². The van der Waals surface area contributed by atoms with E-state index in [1.807, 2.05) is 36.4 Å². The fourth-order valence-corrected chi connectivity index (χ4v) is 4.59. The number of piperazine rings is 1. The van der Waals surface area contributed by atoms with E-state index >= 15 is 0 Å². The normalized spacial score (nSPS) is 22.3. The third kappa shape index (κ3) is 4.75. The highest BCUT2D eigenvalue weighted by Gasteiger charge is 2.28. The zero-order valence-corrected chi connectivity index (χ0v) is 18.6. The molecule has 2 fully saturated rings. The third-order valence-electron chi connectivity index (χ3n) is 6.03. The Kier molecular flexibility index (Phi) is 6.30. The van der Waals surface area contributed by atoms with Crippen molar-refractivity contribution >= 4 is 29.0 Å². The zero-order chi connectivity index (χ0) is 21.9. The lowest BCUT2D eigenvalue weighted by Crippen LogP contribution is -2.54. The molecule has 0 aliphatic carbocycles. The number of amidine groups is 1. The first kappa shape index (κ1) is 21.2. The number of halogens is 1. The Balaban J connectivity index is 1.33. The standard InChI is InChI=1S/C24H27ClN4O3/c25-16-7-8-22-20(12-16)28-24(19-5-1-2-6-21(19)32-22)29-10-9-26-17(15-29)13-23(30)27-14-18-4-3-11-31-18/h1-2,5-8,12,17-18,26H,3-4,9-11,13-15H2,(H,27,30)/t17-,18-/m0/s1. The van der Waals surface area contributed by atoms with E-state index in [-0.39, 0.29) is 18.1 Å². The van der Waals surface area contributed by atoms with Gasteiger partial charge in [0, 0.05) is 50.3 Å². The smallest absolute Gasteiger partial charge is 0.221 e. The molecule has 0 radical (unpaired) electrons. The van der Waals surface area contributed by atoms with Crippen molar-refractivity contribution in [3.05, 3.63) is 53.1 Å². The van der Waals surface area contributed by atoms with Gasteiger partial charge in [0.05, 0.1) is 11.7 Å². The van der Waals surface area contributed by atoms with Gasteiger partial charge >= 0.3 is 0 Å². The number of benzene rings is 2. The number of nitrogens with zero attached hydrogens (tertiary/aromatic N) is 2. The second kappa shape index (κ2) is 9.48. The number of hydrogen-bond acceptors (Lipinski definition) is 6.